The Bertz CT molecular complexity index is 181. The van der Waals surface area contributed by atoms with Gasteiger partial charge in [0.1, 0.15) is 0 Å². The van der Waals surface area contributed by atoms with Crippen molar-refractivity contribution in [2.75, 3.05) is 13.7 Å². The molecule has 2 atom stereocenters. The van der Waals surface area contributed by atoms with E-state index in [1.54, 1.807) is 0 Å². The fraction of sp³-hybridized carbons (Fsp3) is 0.800. The van der Waals surface area contributed by atoms with Crippen molar-refractivity contribution in [3.8, 4) is 0 Å². The largest absolute Gasteiger partial charge is 0.367 e. The van der Waals surface area contributed by atoms with Crippen LogP contribution in [-0.2, 0) is 26.0 Å². The van der Waals surface area contributed by atoms with Gasteiger partial charge in [0.15, 0.2) is 6.29 Å². The number of methoxy groups -OCH3 is 1. The number of ether oxygens (including phenoxy) is 1. The third kappa shape index (κ3) is 9.10. The van der Waals surface area contributed by atoms with Crippen molar-refractivity contribution in [2.24, 2.45) is 5.73 Å². The van der Waals surface area contributed by atoms with Gasteiger partial charge < -0.3 is 27.8 Å². The van der Waals surface area contributed by atoms with E-state index in [9.17, 15) is 4.79 Å². The van der Waals surface area contributed by atoms with Crippen LogP contribution >= 0.6 is 0 Å². The summed E-state index contributed by atoms with van der Waals surface area (Å²) in [5.74, 6) is -0.0535. The zero-order valence-corrected chi connectivity index (χ0v) is 10.5. The first kappa shape index (κ1) is 18.2. The Labute approximate surface area is 107 Å². The first-order chi connectivity index (χ1) is 7.11. The van der Waals surface area contributed by atoms with E-state index >= 15 is 0 Å². The van der Waals surface area contributed by atoms with Crippen molar-refractivity contribution in [1.82, 2.24) is 5.32 Å². The van der Waals surface area contributed by atoms with Gasteiger partial charge in [0.2, 0.25) is 5.91 Å². The van der Waals surface area contributed by atoms with Crippen molar-refractivity contribution < 1.29 is 31.1 Å². The molecule has 0 heterocycles. The fourth-order valence-electron chi connectivity index (χ4n) is 1.06. The smallest absolute Gasteiger partial charge is 0.220 e. The molecule has 0 rings (SSSR count). The van der Waals surface area contributed by atoms with E-state index in [0.717, 1.165) is 19.3 Å². The molecule has 6 heteroatoms. The Morgan fingerprint density at radius 1 is 1.56 bits per heavy atom. The van der Waals surface area contributed by atoms with Crippen molar-refractivity contribution in [3.63, 3.8) is 0 Å². The second-order valence-corrected chi connectivity index (χ2v) is 3.40. The van der Waals surface area contributed by atoms with Crippen LogP contribution in [0.5, 0.6) is 0 Å². The maximum absolute atomic E-state index is 11.2. The maximum atomic E-state index is 11.2. The molecule has 0 aromatic rings. The summed E-state index contributed by atoms with van der Waals surface area (Å²) in [4.78, 5) is 11.2. The number of hydrogen-bond donors (Lipinski definition) is 3. The van der Waals surface area contributed by atoms with Crippen LogP contribution in [0, 0.1) is 6.92 Å². The molecular weight excluding hydrogens is 255 g/mol. The second-order valence-electron chi connectivity index (χ2n) is 3.40. The Hall–Kier alpha value is -0.156. The van der Waals surface area contributed by atoms with Crippen molar-refractivity contribution >= 4 is 5.91 Å². The average Bonchev–Trinajstić information content (AvgIpc) is 2.25. The summed E-state index contributed by atoms with van der Waals surface area (Å²) in [7, 11) is 1.36. The SMILES string of the molecule is [CH2-]CCCCC(=O)NC[C@@H](N)C(O)OC.[Ni]. The summed E-state index contributed by atoms with van der Waals surface area (Å²) < 4.78 is 4.61. The van der Waals surface area contributed by atoms with E-state index < -0.39 is 12.3 Å². The second kappa shape index (κ2) is 11.3. The van der Waals surface area contributed by atoms with Crippen LogP contribution < -0.4 is 11.1 Å². The normalized spacial score (nSPS) is 13.8. The zero-order valence-electron chi connectivity index (χ0n) is 9.55. The Balaban J connectivity index is 0. The number of nitrogens with two attached hydrogens (primary N) is 1. The summed E-state index contributed by atoms with van der Waals surface area (Å²) in [6, 6.07) is -0.591. The van der Waals surface area contributed by atoms with Crippen LogP contribution in [-0.4, -0.2) is 37.0 Å². The molecule has 0 aliphatic rings. The quantitative estimate of drug-likeness (QED) is 0.248. The van der Waals surface area contributed by atoms with E-state index in [1.807, 2.05) is 0 Å². The average molecular weight is 276 g/mol. The number of rotatable bonds is 8. The minimum absolute atomic E-state index is 0. The van der Waals surface area contributed by atoms with E-state index in [-0.39, 0.29) is 28.9 Å². The minimum Gasteiger partial charge on any atom is -0.367 e. The van der Waals surface area contributed by atoms with Crippen LogP contribution in [0.1, 0.15) is 25.7 Å². The predicted molar refractivity (Wildman–Crippen MR) is 57.8 cm³/mol. The molecular formula is C10H21N2NiO3-. The first-order valence-corrected chi connectivity index (χ1v) is 5.14. The van der Waals surface area contributed by atoms with Crippen LogP contribution in [0.4, 0.5) is 0 Å². The van der Waals surface area contributed by atoms with Crippen molar-refractivity contribution in [1.29, 1.82) is 0 Å². The van der Waals surface area contributed by atoms with E-state index in [1.165, 1.54) is 7.11 Å². The summed E-state index contributed by atoms with van der Waals surface area (Å²) in [5, 5.41) is 11.8. The third-order valence-electron chi connectivity index (χ3n) is 2.05. The van der Waals surface area contributed by atoms with Gasteiger partial charge in [-0.2, -0.15) is 6.42 Å². The molecule has 0 aliphatic heterocycles. The van der Waals surface area contributed by atoms with Gasteiger partial charge in [-0.25, -0.2) is 0 Å². The molecule has 1 unspecified atom stereocenters. The molecule has 0 spiro atoms. The molecule has 0 fully saturated rings. The summed E-state index contributed by atoms with van der Waals surface area (Å²) in [6.45, 7) is 3.91. The number of aliphatic hydroxyl groups is 1. The van der Waals surface area contributed by atoms with Gasteiger partial charge in [0.25, 0.3) is 0 Å². The van der Waals surface area contributed by atoms with Gasteiger partial charge in [-0.05, 0) is 6.42 Å². The molecule has 0 aliphatic carbocycles. The van der Waals surface area contributed by atoms with Crippen molar-refractivity contribution in [2.45, 2.75) is 38.0 Å². The summed E-state index contributed by atoms with van der Waals surface area (Å²) in [5.41, 5.74) is 5.53. The number of nitrogens with one attached hydrogen (secondary N) is 1. The van der Waals surface area contributed by atoms with E-state index in [0.29, 0.717) is 6.42 Å². The Morgan fingerprint density at radius 2 is 2.19 bits per heavy atom. The summed E-state index contributed by atoms with van der Waals surface area (Å²) in [6.07, 6.45) is 2.06. The molecule has 0 bridgehead atoms. The number of amides is 1. The Morgan fingerprint density at radius 3 is 2.69 bits per heavy atom. The molecule has 16 heavy (non-hydrogen) atoms. The third-order valence-corrected chi connectivity index (χ3v) is 2.05. The van der Waals surface area contributed by atoms with E-state index in [4.69, 9.17) is 10.8 Å². The fourth-order valence-corrected chi connectivity index (χ4v) is 1.06. The Kier molecular flexibility index (Phi) is 12.9. The van der Waals surface area contributed by atoms with Crippen molar-refractivity contribution in [3.05, 3.63) is 6.92 Å². The molecule has 100 valence electrons. The van der Waals surface area contributed by atoms with Gasteiger partial charge in [0, 0.05) is 36.6 Å². The number of hydrogen-bond acceptors (Lipinski definition) is 4. The topological polar surface area (TPSA) is 84.6 Å². The molecule has 4 N–H and O–H groups in total. The van der Waals surface area contributed by atoms with Gasteiger partial charge in [-0.3, -0.25) is 4.79 Å². The monoisotopic (exact) mass is 275 g/mol. The van der Waals surface area contributed by atoms with Gasteiger partial charge in [-0.1, -0.05) is 6.42 Å². The molecule has 0 saturated carbocycles. The molecule has 0 aromatic heterocycles. The predicted octanol–water partition coefficient (Wildman–Crippen LogP) is -0.213. The first-order valence-electron chi connectivity index (χ1n) is 5.14. The molecule has 5 nitrogen and oxygen atoms in total. The van der Waals surface area contributed by atoms with Crippen LogP contribution in [0.2, 0.25) is 0 Å². The maximum Gasteiger partial charge on any atom is 0.220 e. The number of aliphatic hydroxyl groups excluding tert-OH is 1. The van der Waals surface area contributed by atoms with Crippen LogP contribution in [0.3, 0.4) is 0 Å². The van der Waals surface area contributed by atoms with Gasteiger partial charge in [0.05, 0.1) is 6.04 Å². The van der Waals surface area contributed by atoms with Crippen LogP contribution in [0.25, 0.3) is 0 Å². The number of carbonyl (C=O) groups is 1. The van der Waals surface area contributed by atoms with Crippen LogP contribution in [0.15, 0.2) is 0 Å². The van der Waals surface area contributed by atoms with E-state index in [2.05, 4.69) is 17.0 Å². The molecule has 0 saturated heterocycles. The van der Waals surface area contributed by atoms with Gasteiger partial charge in [-0.15, -0.1) is 0 Å². The molecule has 1 amide bonds. The summed E-state index contributed by atoms with van der Waals surface area (Å²) >= 11 is 0. The number of carbonyl (C=O) groups excluding carboxylic acids is 1. The zero-order chi connectivity index (χ0) is 11.7. The minimum atomic E-state index is -1.04. The van der Waals surface area contributed by atoms with Gasteiger partial charge >= 0.3 is 0 Å². The molecule has 0 aromatic carbocycles. The number of unbranched alkanes of at least 4 members (excludes halogenated alkanes) is 2. The molecule has 0 radical (unpaired) electrons. The standard InChI is InChI=1S/C10H21N2O3.Ni/c1-3-4-5-6-9(13)12-7-8(11)10(14)15-2;/h8,10,14H,1,3-7,11H2,2H3,(H,12,13);/q-1;/t8-,10?;/m1./s1.